The van der Waals surface area contributed by atoms with Gasteiger partial charge in [0, 0.05) is 15.5 Å². The van der Waals surface area contributed by atoms with Crippen LogP contribution in [0.2, 0.25) is 0 Å². The van der Waals surface area contributed by atoms with Gasteiger partial charge in [0.15, 0.2) is 0 Å². The average Bonchev–Trinajstić information content (AvgIpc) is 2.54. The third-order valence-corrected chi connectivity index (χ3v) is 4.31. The Hall–Kier alpha value is -2.49. The number of carbonyl (C=O) groups excluding carboxylic acids is 1. The Labute approximate surface area is 131 Å². The number of amides is 1. The highest BCUT2D eigenvalue weighted by Gasteiger charge is 2.11. The predicted octanol–water partition coefficient (Wildman–Crippen LogP) is 2.01. The molecule has 2 rings (SSSR count). The van der Waals surface area contributed by atoms with Crippen LogP contribution in [0.4, 0.5) is 5.69 Å². The van der Waals surface area contributed by atoms with Gasteiger partial charge in [0.2, 0.25) is 5.91 Å². The molecule has 1 amide bonds. The van der Waals surface area contributed by atoms with E-state index in [1.807, 2.05) is 6.07 Å². The number of carbonyl (C=O) groups is 1. The van der Waals surface area contributed by atoms with Crippen LogP contribution < -0.4 is 11.1 Å². The molecule has 0 aliphatic heterocycles. The van der Waals surface area contributed by atoms with Crippen molar-refractivity contribution in [3.05, 3.63) is 54.1 Å². The number of nitrogens with two attached hydrogens (primary N) is 1. The van der Waals surface area contributed by atoms with Crippen LogP contribution in [0.15, 0.2) is 58.3 Å². The molecule has 22 heavy (non-hydrogen) atoms. The Morgan fingerprint density at radius 1 is 1.23 bits per heavy atom. The number of nitrogens with zero attached hydrogens (tertiary/aromatic N) is 1. The number of anilines is 1. The van der Waals surface area contributed by atoms with Crippen molar-refractivity contribution in [2.75, 3.05) is 5.32 Å². The van der Waals surface area contributed by atoms with Crippen molar-refractivity contribution in [3.63, 3.8) is 0 Å². The predicted molar refractivity (Wildman–Crippen MR) is 84.6 cm³/mol. The van der Waals surface area contributed by atoms with Gasteiger partial charge in [0.05, 0.1) is 28.5 Å². The zero-order chi connectivity index (χ0) is 16.1. The molecule has 0 radical (unpaired) electrons. The minimum absolute atomic E-state index is 0.304. The summed E-state index contributed by atoms with van der Waals surface area (Å²) in [6, 6.07) is 14.7. The molecule has 0 spiro atoms. The number of rotatable bonds is 4. The Bertz CT molecular complexity index is 749. The molecule has 0 saturated carbocycles. The molecule has 0 heterocycles. The van der Waals surface area contributed by atoms with E-state index in [1.54, 1.807) is 55.5 Å². The highest BCUT2D eigenvalue weighted by atomic mass is 32.2. The van der Waals surface area contributed by atoms with Crippen molar-refractivity contribution in [2.45, 2.75) is 22.8 Å². The highest BCUT2D eigenvalue weighted by Crippen LogP contribution is 2.20. The van der Waals surface area contributed by atoms with Crippen molar-refractivity contribution < 1.29 is 9.00 Å². The number of hydrogen-bond donors (Lipinski definition) is 2. The molecule has 0 bridgehead atoms. The molecule has 2 atom stereocenters. The van der Waals surface area contributed by atoms with Gasteiger partial charge in [0.25, 0.3) is 0 Å². The van der Waals surface area contributed by atoms with E-state index in [9.17, 15) is 9.00 Å². The van der Waals surface area contributed by atoms with Crippen LogP contribution in [0.5, 0.6) is 0 Å². The van der Waals surface area contributed by atoms with Crippen LogP contribution in [-0.4, -0.2) is 16.2 Å². The molecule has 2 aromatic rings. The number of nitriles is 1. The van der Waals surface area contributed by atoms with Gasteiger partial charge in [-0.15, -0.1) is 0 Å². The van der Waals surface area contributed by atoms with Crippen LogP contribution in [0.25, 0.3) is 0 Å². The first kappa shape index (κ1) is 15.9. The minimum Gasteiger partial charge on any atom is -0.325 e. The fourth-order valence-electron chi connectivity index (χ4n) is 1.73. The Balaban J connectivity index is 2.23. The second-order valence-electron chi connectivity index (χ2n) is 4.71. The lowest BCUT2D eigenvalue weighted by atomic mass is 10.2. The lowest BCUT2D eigenvalue weighted by Crippen LogP contribution is -2.32. The van der Waals surface area contributed by atoms with E-state index in [0.29, 0.717) is 21.0 Å². The largest absolute Gasteiger partial charge is 0.325 e. The van der Waals surface area contributed by atoms with Crippen LogP contribution in [-0.2, 0) is 15.6 Å². The molecular formula is C16H15N3O2S. The molecule has 3 N–H and O–H groups in total. The minimum atomic E-state index is -1.38. The summed E-state index contributed by atoms with van der Waals surface area (Å²) in [5.41, 5.74) is 6.56. The van der Waals surface area contributed by atoms with E-state index in [-0.39, 0.29) is 5.91 Å². The highest BCUT2D eigenvalue weighted by molar-refractivity contribution is 7.85. The molecule has 2 unspecified atom stereocenters. The van der Waals surface area contributed by atoms with E-state index in [0.717, 1.165) is 0 Å². The molecule has 0 saturated heterocycles. The summed E-state index contributed by atoms with van der Waals surface area (Å²) >= 11 is 0. The van der Waals surface area contributed by atoms with E-state index in [4.69, 9.17) is 11.0 Å². The van der Waals surface area contributed by atoms with Gasteiger partial charge in [-0.1, -0.05) is 6.07 Å². The van der Waals surface area contributed by atoms with E-state index < -0.39 is 16.8 Å². The van der Waals surface area contributed by atoms with E-state index in [1.165, 1.54) is 0 Å². The summed E-state index contributed by atoms with van der Waals surface area (Å²) in [4.78, 5) is 12.7. The standard InChI is InChI=1S/C16H15N3O2S/c1-11(18)16(20)19-13-3-2-4-15(9-13)22(21)14-7-5-12(10-17)6-8-14/h2-9,11H,18H2,1H3,(H,19,20). The van der Waals surface area contributed by atoms with Gasteiger partial charge < -0.3 is 11.1 Å². The summed E-state index contributed by atoms with van der Waals surface area (Å²) in [6.45, 7) is 1.59. The Kier molecular flexibility index (Phi) is 5.04. The normalized spacial score (nSPS) is 13.0. The van der Waals surface area contributed by atoms with Gasteiger partial charge in [0.1, 0.15) is 0 Å². The summed E-state index contributed by atoms with van der Waals surface area (Å²) < 4.78 is 12.5. The van der Waals surface area contributed by atoms with E-state index >= 15 is 0 Å². The van der Waals surface area contributed by atoms with Gasteiger partial charge in [-0.25, -0.2) is 4.21 Å². The maximum Gasteiger partial charge on any atom is 0.240 e. The number of hydrogen-bond acceptors (Lipinski definition) is 4. The van der Waals surface area contributed by atoms with Crippen molar-refractivity contribution in [3.8, 4) is 6.07 Å². The van der Waals surface area contributed by atoms with Gasteiger partial charge in [-0.2, -0.15) is 5.26 Å². The maximum atomic E-state index is 12.5. The van der Waals surface area contributed by atoms with Crippen LogP contribution in [0.1, 0.15) is 12.5 Å². The van der Waals surface area contributed by atoms with Gasteiger partial charge >= 0.3 is 0 Å². The smallest absolute Gasteiger partial charge is 0.240 e. The van der Waals surface area contributed by atoms with Gasteiger partial charge in [-0.05, 0) is 49.4 Å². The Morgan fingerprint density at radius 2 is 1.91 bits per heavy atom. The Morgan fingerprint density at radius 3 is 2.50 bits per heavy atom. The van der Waals surface area contributed by atoms with Crippen LogP contribution in [0.3, 0.4) is 0 Å². The molecule has 112 valence electrons. The monoisotopic (exact) mass is 313 g/mol. The second-order valence-corrected chi connectivity index (χ2v) is 6.19. The first-order valence-electron chi connectivity index (χ1n) is 6.59. The van der Waals surface area contributed by atoms with Crippen molar-refractivity contribution in [2.24, 2.45) is 5.73 Å². The number of nitrogens with one attached hydrogen (secondary N) is 1. The third-order valence-electron chi connectivity index (χ3n) is 2.93. The zero-order valence-electron chi connectivity index (χ0n) is 11.9. The second kappa shape index (κ2) is 6.98. The fraction of sp³-hybridized carbons (Fsp3) is 0.125. The van der Waals surface area contributed by atoms with E-state index in [2.05, 4.69) is 5.32 Å². The SMILES string of the molecule is CC(N)C(=O)Nc1cccc(S(=O)c2ccc(C#N)cc2)c1. The summed E-state index contributed by atoms with van der Waals surface area (Å²) in [5, 5.41) is 11.4. The molecule has 6 heteroatoms. The van der Waals surface area contributed by atoms with Crippen molar-refractivity contribution in [1.82, 2.24) is 0 Å². The number of benzene rings is 2. The molecule has 0 aliphatic carbocycles. The molecule has 2 aromatic carbocycles. The molecule has 5 nitrogen and oxygen atoms in total. The fourth-order valence-corrected chi connectivity index (χ4v) is 2.83. The lowest BCUT2D eigenvalue weighted by Gasteiger charge is -2.09. The van der Waals surface area contributed by atoms with Crippen LogP contribution >= 0.6 is 0 Å². The summed E-state index contributed by atoms with van der Waals surface area (Å²) in [5.74, 6) is -0.304. The quantitative estimate of drug-likeness (QED) is 0.902. The van der Waals surface area contributed by atoms with Crippen molar-refractivity contribution >= 4 is 22.4 Å². The third kappa shape index (κ3) is 3.79. The van der Waals surface area contributed by atoms with Gasteiger partial charge in [-0.3, -0.25) is 4.79 Å². The molecule has 0 aliphatic rings. The maximum absolute atomic E-state index is 12.5. The summed E-state index contributed by atoms with van der Waals surface area (Å²) in [6.07, 6.45) is 0. The molecular weight excluding hydrogens is 298 g/mol. The molecule has 0 aromatic heterocycles. The molecule has 0 fully saturated rings. The van der Waals surface area contributed by atoms with Crippen LogP contribution in [0, 0.1) is 11.3 Å². The first-order valence-corrected chi connectivity index (χ1v) is 7.74. The summed E-state index contributed by atoms with van der Waals surface area (Å²) in [7, 11) is -1.38. The van der Waals surface area contributed by atoms with Crippen molar-refractivity contribution in [1.29, 1.82) is 5.26 Å². The average molecular weight is 313 g/mol. The zero-order valence-corrected chi connectivity index (χ0v) is 12.8. The lowest BCUT2D eigenvalue weighted by molar-refractivity contribution is -0.117. The first-order chi connectivity index (χ1) is 10.5. The topological polar surface area (TPSA) is 96.0 Å².